The zero-order valence-corrected chi connectivity index (χ0v) is 11.5. The van der Waals surface area contributed by atoms with E-state index < -0.39 is 23.9 Å². The summed E-state index contributed by atoms with van der Waals surface area (Å²) in [6.45, 7) is 0.0160. The summed E-state index contributed by atoms with van der Waals surface area (Å²) in [6, 6.07) is 12.6. The minimum atomic E-state index is -1.38. The van der Waals surface area contributed by atoms with Gasteiger partial charge in [-0.3, -0.25) is 0 Å². The number of carbonyl (C=O) groups excluding carboxylic acids is 1. The minimum absolute atomic E-state index is 0.0160. The molecule has 0 aromatic heterocycles. The number of hydrogen-bond donors (Lipinski definition) is 2. The lowest BCUT2D eigenvalue weighted by Gasteiger charge is -2.15. The zero-order valence-electron chi connectivity index (χ0n) is 11.5. The molecule has 2 aromatic rings. The molecule has 2 N–H and O–H groups in total. The van der Waals surface area contributed by atoms with E-state index in [0.717, 1.165) is 11.6 Å². The molecule has 0 fully saturated rings. The van der Waals surface area contributed by atoms with Crippen molar-refractivity contribution in [1.82, 2.24) is 5.32 Å². The molecule has 0 aliphatic heterocycles. The summed E-state index contributed by atoms with van der Waals surface area (Å²) < 4.78 is 18.1. The SMILES string of the molecule is O=C(N[C@@H](C(=O)O)c1cccc(F)c1)OCc1ccccc1. The van der Waals surface area contributed by atoms with Gasteiger partial charge in [-0.2, -0.15) is 0 Å². The average Bonchev–Trinajstić information content (AvgIpc) is 2.51. The number of ether oxygens (including phenoxy) is 1. The molecule has 1 amide bonds. The lowest BCUT2D eigenvalue weighted by Crippen LogP contribution is -2.34. The first kappa shape index (κ1) is 15.5. The highest BCUT2D eigenvalue weighted by molar-refractivity contribution is 5.81. The fraction of sp³-hybridized carbons (Fsp3) is 0.125. The number of benzene rings is 2. The van der Waals surface area contributed by atoms with Crippen LogP contribution in [0.25, 0.3) is 0 Å². The Morgan fingerprint density at radius 3 is 2.50 bits per heavy atom. The van der Waals surface area contributed by atoms with E-state index in [1.54, 1.807) is 24.3 Å². The van der Waals surface area contributed by atoms with Crippen LogP contribution in [0.4, 0.5) is 9.18 Å². The summed E-state index contributed by atoms with van der Waals surface area (Å²) >= 11 is 0. The molecular formula is C16H14FNO4. The minimum Gasteiger partial charge on any atom is -0.479 e. The van der Waals surface area contributed by atoms with Crippen LogP contribution in [-0.2, 0) is 16.1 Å². The summed E-state index contributed by atoms with van der Waals surface area (Å²) in [5.41, 5.74) is 0.902. The predicted molar refractivity (Wildman–Crippen MR) is 76.5 cm³/mol. The van der Waals surface area contributed by atoms with Gasteiger partial charge >= 0.3 is 12.1 Å². The monoisotopic (exact) mass is 303 g/mol. The Hall–Kier alpha value is -2.89. The van der Waals surface area contributed by atoms with E-state index in [1.807, 2.05) is 6.07 Å². The van der Waals surface area contributed by atoms with Crippen LogP contribution in [0.5, 0.6) is 0 Å². The Labute approximate surface area is 126 Å². The molecule has 0 aliphatic rings. The number of aliphatic carboxylic acids is 1. The van der Waals surface area contributed by atoms with Gasteiger partial charge in [0.05, 0.1) is 0 Å². The Morgan fingerprint density at radius 2 is 1.86 bits per heavy atom. The Morgan fingerprint density at radius 1 is 1.14 bits per heavy atom. The van der Waals surface area contributed by atoms with Crippen LogP contribution < -0.4 is 5.32 Å². The lowest BCUT2D eigenvalue weighted by molar-refractivity contribution is -0.139. The molecule has 0 heterocycles. The maximum atomic E-state index is 13.2. The molecule has 2 aromatic carbocycles. The molecule has 0 spiro atoms. The van der Waals surface area contributed by atoms with Crippen LogP contribution in [0.1, 0.15) is 17.2 Å². The van der Waals surface area contributed by atoms with Gasteiger partial charge in [0, 0.05) is 0 Å². The van der Waals surface area contributed by atoms with Gasteiger partial charge in [0.25, 0.3) is 0 Å². The van der Waals surface area contributed by atoms with Crippen LogP contribution >= 0.6 is 0 Å². The van der Waals surface area contributed by atoms with Crippen LogP contribution in [0.3, 0.4) is 0 Å². The largest absolute Gasteiger partial charge is 0.479 e. The second kappa shape index (κ2) is 7.21. The third-order valence-corrected chi connectivity index (χ3v) is 2.90. The summed E-state index contributed by atoms with van der Waals surface area (Å²) in [5, 5.41) is 11.4. The number of carboxylic acid groups (broad SMARTS) is 1. The molecule has 6 heteroatoms. The van der Waals surface area contributed by atoms with E-state index in [9.17, 15) is 14.0 Å². The molecule has 0 radical (unpaired) electrons. The van der Waals surface area contributed by atoms with E-state index in [1.165, 1.54) is 18.2 Å². The van der Waals surface area contributed by atoms with Crippen LogP contribution in [0.15, 0.2) is 54.6 Å². The molecule has 0 unspecified atom stereocenters. The molecular weight excluding hydrogens is 289 g/mol. The quantitative estimate of drug-likeness (QED) is 0.890. The van der Waals surface area contributed by atoms with Crippen molar-refractivity contribution < 1.29 is 23.8 Å². The number of alkyl carbamates (subject to hydrolysis) is 1. The van der Waals surface area contributed by atoms with E-state index >= 15 is 0 Å². The Kier molecular flexibility index (Phi) is 5.08. The highest BCUT2D eigenvalue weighted by Gasteiger charge is 2.23. The summed E-state index contributed by atoms with van der Waals surface area (Å²) in [7, 11) is 0. The molecule has 0 saturated carbocycles. The number of carboxylic acids is 1. The number of carbonyl (C=O) groups is 2. The summed E-state index contributed by atoms with van der Waals surface area (Å²) in [4.78, 5) is 22.9. The molecule has 0 saturated heterocycles. The number of amides is 1. The van der Waals surface area contributed by atoms with E-state index in [2.05, 4.69) is 5.32 Å². The molecule has 114 valence electrons. The van der Waals surface area contributed by atoms with Crippen molar-refractivity contribution in [2.24, 2.45) is 0 Å². The number of rotatable bonds is 5. The third kappa shape index (κ3) is 4.31. The maximum absolute atomic E-state index is 13.2. The molecule has 0 bridgehead atoms. The lowest BCUT2D eigenvalue weighted by atomic mass is 10.1. The van der Waals surface area contributed by atoms with E-state index in [4.69, 9.17) is 9.84 Å². The predicted octanol–water partition coefficient (Wildman–Crippen LogP) is 2.88. The van der Waals surface area contributed by atoms with Crippen molar-refractivity contribution in [3.05, 3.63) is 71.5 Å². The Balaban J connectivity index is 1.99. The van der Waals surface area contributed by atoms with Crippen LogP contribution in [-0.4, -0.2) is 17.2 Å². The Bertz CT molecular complexity index is 660. The van der Waals surface area contributed by atoms with Gasteiger partial charge in [0.1, 0.15) is 12.4 Å². The fourth-order valence-electron chi connectivity index (χ4n) is 1.86. The van der Waals surface area contributed by atoms with Crippen molar-refractivity contribution in [3.63, 3.8) is 0 Å². The van der Waals surface area contributed by atoms with Gasteiger partial charge in [-0.25, -0.2) is 14.0 Å². The van der Waals surface area contributed by atoms with Gasteiger partial charge in [0.2, 0.25) is 0 Å². The highest BCUT2D eigenvalue weighted by Crippen LogP contribution is 2.15. The number of nitrogens with one attached hydrogen (secondary N) is 1. The first-order valence-electron chi connectivity index (χ1n) is 6.52. The van der Waals surface area contributed by atoms with Gasteiger partial charge in [0.15, 0.2) is 6.04 Å². The van der Waals surface area contributed by atoms with Crippen molar-refractivity contribution >= 4 is 12.1 Å². The zero-order chi connectivity index (χ0) is 15.9. The standard InChI is InChI=1S/C16H14FNO4/c17-13-8-4-7-12(9-13)14(15(19)20)18-16(21)22-10-11-5-2-1-3-6-11/h1-9,14H,10H2,(H,18,21)(H,19,20)/t14-/m1/s1. The smallest absolute Gasteiger partial charge is 0.408 e. The fourth-order valence-corrected chi connectivity index (χ4v) is 1.86. The molecule has 0 aliphatic carbocycles. The van der Waals surface area contributed by atoms with Crippen molar-refractivity contribution in [1.29, 1.82) is 0 Å². The molecule has 1 atom stereocenters. The first-order chi connectivity index (χ1) is 10.6. The normalized spacial score (nSPS) is 11.5. The van der Waals surface area contributed by atoms with Crippen LogP contribution in [0, 0.1) is 5.82 Å². The van der Waals surface area contributed by atoms with Crippen molar-refractivity contribution in [2.75, 3.05) is 0 Å². The molecule has 5 nitrogen and oxygen atoms in total. The molecule has 2 rings (SSSR count). The summed E-state index contributed by atoms with van der Waals surface area (Å²) in [6.07, 6.45) is -0.888. The second-order valence-corrected chi connectivity index (χ2v) is 4.53. The maximum Gasteiger partial charge on any atom is 0.408 e. The van der Waals surface area contributed by atoms with Crippen molar-refractivity contribution in [3.8, 4) is 0 Å². The third-order valence-electron chi connectivity index (χ3n) is 2.90. The second-order valence-electron chi connectivity index (χ2n) is 4.53. The highest BCUT2D eigenvalue weighted by atomic mass is 19.1. The van der Waals surface area contributed by atoms with Gasteiger partial charge in [-0.1, -0.05) is 42.5 Å². The molecule has 22 heavy (non-hydrogen) atoms. The van der Waals surface area contributed by atoms with Gasteiger partial charge < -0.3 is 15.2 Å². The van der Waals surface area contributed by atoms with E-state index in [-0.39, 0.29) is 12.2 Å². The van der Waals surface area contributed by atoms with Gasteiger partial charge in [-0.05, 0) is 23.3 Å². The van der Waals surface area contributed by atoms with E-state index in [0.29, 0.717) is 0 Å². The number of hydrogen-bond acceptors (Lipinski definition) is 3. The van der Waals surface area contributed by atoms with Crippen molar-refractivity contribution in [2.45, 2.75) is 12.6 Å². The average molecular weight is 303 g/mol. The van der Waals surface area contributed by atoms with Gasteiger partial charge in [-0.15, -0.1) is 0 Å². The number of halogens is 1. The summed E-state index contributed by atoms with van der Waals surface area (Å²) in [5.74, 6) is -1.88. The first-order valence-corrected chi connectivity index (χ1v) is 6.52. The van der Waals surface area contributed by atoms with Crippen LogP contribution in [0.2, 0.25) is 0 Å². The topological polar surface area (TPSA) is 75.6 Å².